The quantitative estimate of drug-likeness (QED) is 0.897. The summed E-state index contributed by atoms with van der Waals surface area (Å²) in [4.78, 5) is 4.48. The number of aliphatic hydroxyl groups is 1. The Morgan fingerprint density at radius 3 is 2.78 bits per heavy atom. The van der Waals surface area contributed by atoms with Crippen LogP contribution in [0.25, 0.3) is 0 Å². The smallest absolute Gasteiger partial charge is 0.308 e. The van der Waals surface area contributed by atoms with E-state index in [0.717, 1.165) is 8.28 Å². The summed E-state index contributed by atoms with van der Waals surface area (Å²) in [5.41, 5.74) is 0.228. The topological polar surface area (TPSA) is 75.4 Å². The number of imidazole rings is 1. The standard InChI is InChI=1S/C10H13N3O3S2/c1-12(2)18(15,16)13-7-11-6-8(13)10(14)9-4-3-5-17-9/h3-7,10,14H,1-2H3. The lowest BCUT2D eigenvalue weighted by molar-refractivity contribution is 0.217. The Balaban J connectivity index is 2.46. The average Bonchev–Trinajstić information content (AvgIpc) is 2.99. The van der Waals surface area contributed by atoms with Crippen molar-refractivity contribution < 1.29 is 13.5 Å². The lowest BCUT2D eigenvalue weighted by Crippen LogP contribution is -2.30. The van der Waals surface area contributed by atoms with Gasteiger partial charge in [-0.05, 0) is 11.4 Å². The van der Waals surface area contributed by atoms with E-state index < -0.39 is 16.3 Å². The van der Waals surface area contributed by atoms with Crippen LogP contribution in [0.1, 0.15) is 16.7 Å². The van der Waals surface area contributed by atoms with Crippen molar-refractivity contribution in [1.82, 2.24) is 13.3 Å². The van der Waals surface area contributed by atoms with Crippen LogP contribution in [0.5, 0.6) is 0 Å². The molecule has 0 spiro atoms. The third-order valence-electron chi connectivity index (χ3n) is 2.44. The molecule has 2 aromatic heterocycles. The Labute approximate surface area is 109 Å². The van der Waals surface area contributed by atoms with E-state index in [9.17, 15) is 13.5 Å². The molecule has 2 aromatic rings. The maximum Gasteiger partial charge on any atom is 0.308 e. The molecule has 0 aliphatic heterocycles. The van der Waals surface area contributed by atoms with E-state index >= 15 is 0 Å². The molecule has 98 valence electrons. The van der Waals surface area contributed by atoms with Crippen LogP contribution >= 0.6 is 11.3 Å². The fourth-order valence-electron chi connectivity index (χ4n) is 1.45. The molecule has 0 aliphatic rings. The molecule has 0 saturated carbocycles. The van der Waals surface area contributed by atoms with Crippen LogP contribution in [-0.2, 0) is 10.2 Å². The number of thiophene rings is 1. The van der Waals surface area contributed by atoms with Crippen LogP contribution in [0.3, 0.4) is 0 Å². The third kappa shape index (κ3) is 2.19. The monoisotopic (exact) mass is 287 g/mol. The van der Waals surface area contributed by atoms with Gasteiger partial charge in [0, 0.05) is 19.0 Å². The molecule has 1 N–H and O–H groups in total. The highest BCUT2D eigenvalue weighted by molar-refractivity contribution is 7.87. The minimum absolute atomic E-state index is 0.228. The zero-order valence-corrected chi connectivity index (χ0v) is 11.5. The van der Waals surface area contributed by atoms with Gasteiger partial charge in [-0.1, -0.05) is 6.07 Å². The zero-order valence-electron chi connectivity index (χ0n) is 9.89. The predicted molar refractivity (Wildman–Crippen MR) is 68.6 cm³/mol. The molecule has 2 heterocycles. The van der Waals surface area contributed by atoms with Crippen molar-refractivity contribution in [3.8, 4) is 0 Å². The molecule has 1 atom stereocenters. The normalized spacial score (nSPS) is 14.0. The first-order chi connectivity index (χ1) is 8.44. The van der Waals surface area contributed by atoms with Crippen molar-refractivity contribution in [3.05, 3.63) is 40.6 Å². The maximum absolute atomic E-state index is 12.0. The van der Waals surface area contributed by atoms with E-state index in [4.69, 9.17) is 0 Å². The van der Waals surface area contributed by atoms with Crippen molar-refractivity contribution in [2.45, 2.75) is 6.10 Å². The number of nitrogens with zero attached hydrogens (tertiary/aromatic N) is 3. The van der Waals surface area contributed by atoms with Gasteiger partial charge in [0.05, 0.1) is 11.9 Å². The van der Waals surface area contributed by atoms with Crippen molar-refractivity contribution >= 4 is 21.5 Å². The molecule has 0 bridgehead atoms. The maximum atomic E-state index is 12.0. The second kappa shape index (κ2) is 4.81. The number of hydrogen-bond donors (Lipinski definition) is 1. The highest BCUT2D eigenvalue weighted by atomic mass is 32.2. The highest BCUT2D eigenvalue weighted by Crippen LogP contribution is 2.26. The minimum atomic E-state index is -3.67. The molecular weight excluding hydrogens is 274 g/mol. The highest BCUT2D eigenvalue weighted by Gasteiger charge is 2.24. The first kappa shape index (κ1) is 13.2. The molecule has 1 unspecified atom stereocenters. The summed E-state index contributed by atoms with van der Waals surface area (Å²) in [6.07, 6.45) is 1.54. The summed E-state index contributed by atoms with van der Waals surface area (Å²) in [5.74, 6) is 0. The van der Waals surface area contributed by atoms with E-state index in [2.05, 4.69) is 4.98 Å². The third-order valence-corrected chi connectivity index (χ3v) is 5.09. The van der Waals surface area contributed by atoms with Gasteiger partial charge >= 0.3 is 10.2 Å². The van der Waals surface area contributed by atoms with Crippen LogP contribution in [-0.4, -0.2) is 40.9 Å². The molecule has 0 radical (unpaired) electrons. The predicted octanol–water partition coefficient (Wildman–Crippen LogP) is 0.681. The number of rotatable bonds is 4. The molecular formula is C10H13N3O3S2. The zero-order chi connectivity index (χ0) is 13.3. The Hall–Kier alpha value is -1.22. The van der Waals surface area contributed by atoms with Crippen LogP contribution in [0.2, 0.25) is 0 Å². The molecule has 2 rings (SSSR count). The Bertz CT molecular complexity index is 617. The van der Waals surface area contributed by atoms with Crippen LogP contribution in [0, 0.1) is 0 Å². The second-order valence-corrected chi connectivity index (χ2v) is 6.82. The molecule has 0 amide bonds. The number of hydrogen-bond acceptors (Lipinski definition) is 5. The van der Waals surface area contributed by atoms with Gasteiger partial charge in [0.2, 0.25) is 0 Å². The van der Waals surface area contributed by atoms with Crippen molar-refractivity contribution in [3.63, 3.8) is 0 Å². The summed E-state index contributed by atoms with van der Waals surface area (Å²) in [5, 5.41) is 12.0. The molecule has 0 aliphatic carbocycles. The number of aromatic nitrogens is 2. The largest absolute Gasteiger partial charge is 0.381 e. The van der Waals surface area contributed by atoms with Gasteiger partial charge in [-0.15, -0.1) is 11.3 Å². The Morgan fingerprint density at radius 2 is 2.22 bits per heavy atom. The molecule has 18 heavy (non-hydrogen) atoms. The lowest BCUT2D eigenvalue weighted by atomic mass is 10.2. The second-order valence-electron chi connectivity index (χ2n) is 3.82. The van der Waals surface area contributed by atoms with E-state index in [1.54, 1.807) is 12.1 Å². The van der Waals surface area contributed by atoms with Crippen molar-refractivity contribution in [2.24, 2.45) is 0 Å². The summed E-state index contributed by atoms with van der Waals surface area (Å²) in [6.45, 7) is 0. The molecule has 8 heteroatoms. The minimum Gasteiger partial charge on any atom is -0.381 e. The van der Waals surface area contributed by atoms with E-state index in [1.807, 2.05) is 5.38 Å². The van der Waals surface area contributed by atoms with E-state index in [0.29, 0.717) is 4.88 Å². The van der Waals surface area contributed by atoms with Gasteiger partial charge in [-0.3, -0.25) is 0 Å². The van der Waals surface area contributed by atoms with Gasteiger partial charge in [-0.25, -0.2) is 8.96 Å². The lowest BCUT2D eigenvalue weighted by Gasteiger charge is -2.16. The van der Waals surface area contributed by atoms with Gasteiger partial charge < -0.3 is 5.11 Å². The van der Waals surface area contributed by atoms with Crippen LogP contribution in [0.4, 0.5) is 0 Å². The Kier molecular flexibility index (Phi) is 3.53. The first-order valence-electron chi connectivity index (χ1n) is 5.11. The van der Waals surface area contributed by atoms with Crippen molar-refractivity contribution in [1.29, 1.82) is 0 Å². The number of aliphatic hydroxyl groups excluding tert-OH is 1. The Morgan fingerprint density at radius 1 is 1.50 bits per heavy atom. The summed E-state index contributed by atoms with van der Waals surface area (Å²) >= 11 is 1.36. The first-order valence-corrected chi connectivity index (χ1v) is 7.39. The van der Waals surface area contributed by atoms with Crippen molar-refractivity contribution in [2.75, 3.05) is 14.1 Å². The van der Waals surface area contributed by atoms with Gasteiger partial charge in [0.15, 0.2) is 0 Å². The molecule has 0 aromatic carbocycles. The van der Waals surface area contributed by atoms with Gasteiger partial charge in [0.25, 0.3) is 0 Å². The van der Waals surface area contributed by atoms with Crippen LogP contribution in [0.15, 0.2) is 30.0 Å². The molecule has 0 saturated heterocycles. The summed E-state index contributed by atoms with van der Waals surface area (Å²) < 4.78 is 26.1. The van der Waals surface area contributed by atoms with Crippen LogP contribution < -0.4 is 0 Å². The van der Waals surface area contributed by atoms with E-state index in [-0.39, 0.29) is 5.69 Å². The summed E-state index contributed by atoms with van der Waals surface area (Å²) in [7, 11) is -0.814. The fraction of sp³-hybridized carbons (Fsp3) is 0.300. The fourth-order valence-corrected chi connectivity index (χ4v) is 3.11. The van der Waals surface area contributed by atoms with Gasteiger partial charge in [-0.2, -0.15) is 12.7 Å². The molecule has 0 fully saturated rings. The average molecular weight is 287 g/mol. The summed E-state index contributed by atoms with van der Waals surface area (Å²) in [6, 6.07) is 3.54. The SMILES string of the molecule is CN(C)S(=O)(=O)n1cncc1C(O)c1cccs1. The molecule has 6 nitrogen and oxygen atoms in total. The van der Waals surface area contributed by atoms with E-state index in [1.165, 1.54) is 38.0 Å². The van der Waals surface area contributed by atoms with Gasteiger partial charge in [0.1, 0.15) is 12.4 Å².